The molecule has 5 heteroatoms. The Kier molecular flexibility index (Phi) is 10.4. The van der Waals surface area contributed by atoms with Crippen LogP contribution >= 0.6 is 12.4 Å². The van der Waals surface area contributed by atoms with Gasteiger partial charge in [-0.25, -0.2) is 0 Å². The van der Waals surface area contributed by atoms with Gasteiger partial charge in [0.25, 0.3) is 0 Å². The van der Waals surface area contributed by atoms with E-state index < -0.39 is 0 Å². The highest BCUT2D eigenvalue weighted by Crippen LogP contribution is 2.17. The van der Waals surface area contributed by atoms with Crippen molar-refractivity contribution in [3.05, 3.63) is 0 Å². The van der Waals surface area contributed by atoms with Gasteiger partial charge in [0.05, 0.1) is 6.10 Å². The van der Waals surface area contributed by atoms with Crippen molar-refractivity contribution in [3.8, 4) is 0 Å². The largest absolute Gasteiger partial charge is 0.391 e. The fourth-order valence-electron chi connectivity index (χ4n) is 2.26. The molecule has 0 spiro atoms. The molecule has 1 aliphatic heterocycles. The molecule has 108 valence electrons. The van der Waals surface area contributed by atoms with Crippen molar-refractivity contribution >= 4 is 18.3 Å². The predicted octanol–water partition coefficient (Wildman–Crippen LogP) is 1.47. The van der Waals surface area contributed by atoms with E-state index in [9.17, 15) is 9.90 Å². The number of carbonyl (C=O) groups is 1. The molecule has 1 unspecified atom stereocenters. The Labute approximate surface area is 116 Å². The van der Waals surface area contributed by atoms with Gasteiger partial charge in [-0.05, 0) is 44.7 Å². The van der Waals surface area contributed by atoms with Gasteiger partial charge >= 0.3 is 0 Å². The van der Waals surface area contributed by atoms with Crippen LogP contribution in [-0.4, -0.2) is 36.8 Å². The molecule has 1 heterocycles. The number of rotatable bonds is 7. The topological polar surface area (TPSA) is 61.4 Å². The van der Waals surface area contributed by atoms with Crippen LogP contribution in [0.2, 0.25) is 0 Å². The first-order chi connectivity index (χ1) is 8.22. The van der Waals surface area contributed by atoms with Crippen LogP contribution in [-0.2, 0) is 4.79 Å². The predicted molar refractivity (Wildman–Crippen MR) is 76.0 cm³/mol. The highest BCUT2D eigenvalue weighted by Gasteiger charge is 2.14. The summed E-state index contributed by atoms with van der Waals surface area (Å²) in [5.41, 5.74) is 0. The number of halogens is 1. The maximum Gasteiger partial charge on any atom is 0.220 e. The molecule has 18 heavy (non-hydrogen) atoms. The lowest BCUT2D eigenvalue weighted by Crippen LogP contribution is -2.33. The van der Waals surface area contributed by atoms with E-state index in [1.165, 1.54) is 12.8 Å². The summed E-state index contributed by atoms with van der Waals surface area (Å²) in [4.78, 5) is 11.6. The number of carbonyl (C=O) groups excluding carboxylic acids is 1. The molecule has 4 nitrogen and oxygen atoms in total. The number of hydrogen-bond donors (Lipinski definition) is 3. The van der Waals surface area contributed by atoms with Crippen LogP contribution in [0.3, 0.4) is 0 Å². The number of aliphatic hydroxyl groups excluding tert-OH is 1. The minimum atomic E-state index is -0.386. The third-order valence-corrected chi connectivity index (χ3v) is 3.40. The van der Waals surface area contributed by atoms with Crippen LogP contribution in [0.25, 0.3) is 0 Å². The van der Waals surface area contributed by atoms with Crippen LogP contribution < -0.4 is 10.6 Å². The quantitative estimate of drug-likeness (QED) is 0.661. The molecule has 0 aromatic carbocycles. The van der Waals surface area contributed by atoms with Gasteiger partial charge in [-0.2, -0.15) is 0 Å². The van der Waals surface area contributed by atoms with E-state index in [-0.39, 0.29) is 24.4 Å². The summed E-state index contributed by atoms with van der Waals surface area (Å²) in [7, 11) is 0. The summed E-state index contributed by atoms with van der Waals surface area (Å²) in [6.07, 6.45) is 5.28. The minimum Gasteiger partial charge on any atom is -0.391 e. The van der Waals surface area contributed by atoms with E-state index in [1.54, 1.807) is 0 Å². The Bertz CT molecular complexity index is 221. The maximum atomic E-state index is 11.6. The molecular formula is C13H27ClN2O2. The van der Waals surface area contributed by atoms with Gasteiger partial charge in [-0.3, -0.25) is 4.79 Å². The average Bonchev–Trinajstić information content (AvgIpc) is 2.35. The lowest BCUT2D eigenvalue weighted by atomic mass is 9.93. The van der Waals surface area contributed by atoms with Crippen LogP contribution in [0.15, 0.2) is 0 Å². The second-order valence-corrected chi connectivity index (χ2v) is 4.98. The van der Waals surface area contributed by atoms with Crippen molar-refractivity contribution < 1.29 is 9.90 Å². The van der Waals surface area contributed by atoms with E-state index in [0.717, 1.165) is 32.4 Å². The number of nitrogens with one attached hydrogen (secondary N) is 2. The fourth-order valence-corrected chi connectivity index (χ4v) is 2.26. The van der Waals surface area contributed by atoms with Crippen molar-refractivity contribution in [1.29, 1.82) is 0 Å². The van der Waals surface area contributed by atoms with Gasteiger partial charge in [0.15, 0.2) is 0 Å². The Hall–Kier alpha value is -0.320. The third-order valence-electron chi connectivity index (χ3n) is 3.40. The standard InChI is InChI=1S/C13H26N2O2.ClH/c1-2-3-12(16)10-15-13(17)5-4-11-6-8-14-9-7-11;/h11-12,14,16H,2-10H2,1H3,(H,15,17);1H. The normalized spacial score (nSPS) is 17.9. The molecule has 0 radical (unpaired) electrons. The first kappa shape index (κ1) is 17.7. The first-order valence-corrected chi connectivity index (χ1v) is 6.87. The minimum absolute atomic E-state index is 0. The zero-order valence-corrected chi connectivity index (χ0v) is 12.1. The van der Waals surface area contributed by atoms with Crippen molar-refractivity contribution in [2.75, 3.05) is 19.6 Å². The molecule has 0 aromatic heterocycles. The van der Waals surface area contributed by atoms with Gasteiger partial charge in [0, 0.05) is 13.0 Å². The van der Waals surface area contributed by atoms with Crippen LogP contribution in [0.4, 0.5) is 0 Å². The maximum absolute atomic E-state index is 11.6. The molecule has 0 bridgehead atoms. The second-order valence-electron chi connectivity index (χ2n) is 4.98. The first-order valence-electron chi connectivity index (χ1n) is 6.87. The number of piperidine rings is 1. The highest BCUT2D eigenvalue weighted by molar-refractivity contribution is 5.85. The molecule has 1 rings (SSSR count). The number of aliphatic hydroxyl groups is 1. The zero-order chi connectivity index (χ0) is 12.5. The molecule has 0 aliphatic carbocycles. The lowest BCUT2D eigenvalue weighted by Gasteiger charge is -2.22. The zero-order valence-electron chi connectivity index (χ0n) is 11.3. The van der Waals surface area contributed by atoms with Crippen LogP contribution in [0, 0.1) is 5.92 Å². The van der Waals surface area contributed by atoms with Crippen LogP contribution in [0.1, 0.15) is 45.4 Å². The number of hydrogen-bond acceptors (Lipinski definition) is 3. The van der Waals surface area contributed by atoms with Crippen LogP contribution in [0.5, 0.6) is 0 Å². The monoisotopic (exact) mass is 278 g/mol. The Balaban J connectivity index is 0.00000289. The van der Waals surface area contributed by atoms with E-state index in [2.05, 4.69) is 10.6 Å². The molecular weight excluding hydrogens is 252 g/mol. The van der Waals surface area contributed by atoms with E-state index >= 15 is 0 Å². The summed E-state index contributed by atoms with van der Waals surface area (Å²) in [6.45, 7) is 4.60. The average molecular weight is 279 g/mol. The molecule has 0 saturated carbocycles. The van der Waals surface area contributed by atoms with E-state index in [4.69, 9.17) is 0 Å². The van der Waals surface area contributed by atoms with Gasteiger partial charge < -0.3 is 15.7 Å². The van der Waals surface area contributed by atoms with Gasteiger partial charge in [-0.1, -0.05) is 13.3 Å². The summed E-state index contributed by atoms with van der Waals surface area (Å²) in [5, 5.41) is 15.6. The summed E-state index contributed by atoms with van der Waals surface area (Å²) in [5.74, 6) is 0.779. The molecule has 1 aliphatic rings. The van der Waals surface area contributed by atoms with Gasteiger partial charge in [0.2, 0.25) is 5.91 Å². The summed E-state index contributed by atoms with van der Waals surface area (Å²) >= 11 is 0. The van der Waals surface area contributed by atoms with Crippen molar-refractivity contribution in [1.82, 2.24) is 10.6 Å². The molecule has 3 N–H and O–H groups in total. The fraction of sp³-hybridized carbons (Fsp3) is 0.923. The second kappa shape index (κ2) is 10.6. The van der Waals surface area contributed by atoms with Gasteiger partial charge in [0.1, 0.15) is 0 Å². The number of amides is 1. The molecule has 1 saturated heterocycles. The molecule has 1 atom stereocenters. The van der Waals surface area contributed by atoms with E-state index in [1.807, 2.05) is 6.92 Å². The SMILES string of the molecule is CCCC(O)CNC(=O)CCC1CCNCC1.Cl. The summed E-state index contributed by atoms with van der Waals surface area (Å²) in [6, 6.07) is 0. The third kappa shape index (κ3) is 7.90. The molecule has 1 amide bonds. The molecule has 0 aromatic rings. The molecule has 1 fully saturated rings. The lowest BCUT2D eigenvalue weighted by molar-refractivity contribution is -0.121. The Morgan fingerprint density at radius 2 is 2.11 bits per heavy atom. The van der Waals surface area contributed by atoms with Gasteiger partial charge in [-0.15, -0.1) is 12.4 Å². The van der Waals surface area contributed by atoms with Crippen molar-refractivity contribution in [3.63, 3.8) is 0 Å². The Morgan fingerprint density at radius 3 is 2.72 bits per heavy atom. The highest BCUT2D eigenvalue weighted by atomic mass is 35.5. The smallest absolute Gasteiger partial charge is 0.220 e. The van der Waals surface area contributed by atoms with Crippen molar-refractivity contribution in [2.45, 2.75) is 51.6 Å². The summed E-state index contributed by atoms with van der Waals surface area (Å²) < 4.78 is 0. The van der Waals surface area contributed by atoms with Crippen molar-refractivity contribution in [2.24, 2.45) is 5.92 Å². The Morgan fingerprint density at radius 1 is 1.44 bits per heavy atom. The van der Waals surface area contributed by atoms with E-state index in [0.29, 0.717) is 18.9 Å².